The maximum Gasteiger partial charge on any atom is 0.323 e. The highest BCUT2D eigenvalue weighted by Gasteiger charge is 2.08. The Morgan fingerprint density at radius 3 is 2.48 bits per heavy atom. The average Bonchev–Trinajstić information content (AvgIpc) is 3.05. The molecule has 0 aliphatic heterocycles. The second kappa shape index (κ2) is 7.20. The van der Waals surface area contributed by atoms with Crippen LogP contribution in [0.2, 0.25) is 0 Å². The third-order valence-electron chi connectivity index (χ3n) is 3.91. The summed E-state index contributed by atoms with van der Waals surface area (Å²) in [7, 11) is 0. The SMILES string of the molecule is O=C(Nc1cccc(F)c1)Nc1cccc(-c2cn3cc(Br)ccc3n2)c1. The Morgan fingerprint density at radius 1 is 0.963 bits per heavy atom. The van der Waals surface area contributed by atoms with E-state index in [0.717, 1.165) is 21.4 Å². The van der Waals surface area contributed by atoms with E-state index in [1.807, 2.05) is 47.1 Å². The van der Waals surface area contributed by atoms with Gasteiger partial charge in [-0.3, -0.25) is 0 Å². The molecule has 0 aliphatic carbocycles. The van der Waals surface area contributed by atoms with Gasteiger partial charge >= 0.3 is 6.03 Å². The van der Waals surface area contributed by atoms with Crippen molar-refractivity contribution in [1.29, 1.82) is 0 Å². The number of urea groups is 1. The van der Waals surface area contributed by atoms with Gasteiger partial charge in [-0.1, -0.05) is 18.2 Å². The third-order valence-corrected chi connectivity index (χ3v) is 4.38. The van der Waals surface area contributed by atoms with Crippen LogP contribution in [0.15, 0.2) is 77.5 Å². The zero-order chi connectivity index (χ0) is 18.8. The molecule has 0 spiro atoms. The standard InChI is InChI=1S/C20H14BrFN4O/c21-14-7-8-19-25-18(12-26(19)11-14)13-3-1-5-16(9-13)23-20(27)24-17-6-2-4-15(22)10-17/h1-12H,(H2,23,24,27). The van der Waals surface area contributed by atoms with Crippen molar-refractivity contribution in [3.05, 3.63) is 83.3 Å². The lowest BCUT2D eigenvalue weighted by atomic mass is 10.1. The number of amides is 2. The Bertz CT molecular complexity index is 1140. The Kier molecular flexibility index (Phi) is 4.60. The number of aromatic nitrogens is 2. The lowest BCUT2D eigenvalue weighted by molar-refractivity contribution is 0.262. The summed E-state index contributed by atoms with van der Waals surface area (Å²) in [6.07, 6.45) is 3.85. The zero-order valence-corrected chi connectivity index (χ0v) is 15.6. The van der Waals surface area contributed by atoms with Gasteiger partial charge in [0.2, 0.25) is 0 Å². The van der Waals surface area contributed by atoms with Crippen LogP contribution in [-0.2, 0) is 0 Å². The van der Waals surface area contributed by atoms with Crippen LogP contribution in [0, 0.1) is 5.82 Å². The van der Waals surface area contributed by atoms with Gasteiger partial charge in [0.15, 0.2) is 0 Å². The van der Waals surface area contributed by atoms with Gasteiger partial charge in [0, 0.05) is 33.8 Å². The summed E-state index contributed by atoms with van der Waals surface area (Å²) >= 11 is 3.44. The van der Waals surface area contributed by atoms with Gasteiger partial charge in [-0.25, -0.2) is 14.2 Å². The number of carbonyl (C=O) groups is 1. The number of nitrogens with one attached hydrogen (secondary N) is 2. The monoisotopic (exact) mass is 424 g/mol. The van der Waals surface area contributed by atoms with Crippen molar-refractivity contribution in [2.24, 2.45) is 0 Å². The minimum absolute atomic E-state index is 0.384. The minimum atomic E-state index is -0.448. The molecule has 5 nitrogen and oxygen atoms in total. The van der Waals surface area contributed by atoms with Gasteiger partial charge in [0.1, 0.15) is 11.5 Å². The van der Waals surface area contributed by atoms with Crippen LogP contribution in [0.3, 0.4) is 0 Å². The molecule has 134 valence electrons. The molecule has 0 saturated heterocycles. The number of nitrogens with zero attached hydrogens (tertiary/aromatic N) is 2. The van der Waals surface area contributed by atoms with E-state index in [1.165, 1.54) is 18.2 Å². The molecular weight excluding hydrogens is 411 g/mol. The van der Waals surface area contributed by atoms with Crippen molar-refractivity contribution >= 4 is 39.0 Å². The number of pyridine rings is 1. The minimum Gasteiger partial charge on any atom is -0.308 e. The van der Waals surface area contributed by atoms with Crippen molar-refractivity contribution in [3.63, 3.8) is 0 Å². The van der Waals surface area contributed by atoms with Crippen LogP contribution in [0.1, 0.15) is 0 Å². The van der Waals surface area contributed by atoms with Crippen LogP contribution in [0.25, 0.3) is 16.9 Å². The topological polar surface area (TPSA) is 58.4 Å². The van der Waals surface area contributed by atoms with Crippen molar-refractivity contribution in [1.82, 2.24) is 9.38 Å². The molecule has 2 N–H and O–H groups in total. The second-order valence-electron chi connectivity index (χ2n) is 5.91. The molecule has 0 fully saturated rings. The summed E-state index contributed by atoms with van der Waals surface area (Å²) in [5.74, 6) is -0.409. The van der Waals surface area contributed by atoms with Crippen molar-refractivity contribution in [2.75, 3.05) is 10.6 Å². The first-order chi connectivity index (χ1) is 13.1. The number of hydrogen-bond donors (Lipinski definition) is 2. The normalized spacial score (nSPS) is 10.7. The quantitative estimate of drug-likeness (QED) is 0.453. The first-order valence-electron chi connectivity index (χ1n) is 8.15. The highest BCUT2D eigenvalue weighted by molar-refractivity contribution is 9.10. The van der Waals surface area contributed by atoms with E-state index in [4.69, 9.17) is 0 Å². The molecule has 4 rings (SSSR count). The number of hydrogen-bond acceptors (Lipinski definition) is 2. The molecule has 27 heavy (non-hydrogen) atoms. The van der Waals surface area contributed by atoms with E-state index in [2.05, 4.69) is 31.5 Å². The van der Waals surface area contributed by atoms with Crippen LogP contribution in [-0.4, -0.2) is 15.4 Å². The van der Waals surface area contributed by atoms with Gasteiger partial charge in [-0.2, -0.15) is 0 Å². The third kappa shape index (κ3) is 3.98. The molecule has 0 unspecified atom stereocenters. The summed E-state index contributed by atoms with van der Waals surface area (Å²) < 4.78 is 16.1. The predicted molar refractivity (Wildman–Crippen MR) is 107 cm³/mol. The van der Waals surface area contributed by atoms with Crippen LogP contribution >= 0.6 is 15.9 Å². The number of rotatable bonds is 3. The Morgan fingerprint density at radius 2 is 1.70 bits per heavy atom. The van der Waals surface area contributed by atoms with Gasteiger partial charge in [0.25, 0.3) is 0 Å². The first-order valence-corrected chi connectivity index (χ1v) is 8.94. The van der Waals surface area contributed by atoms with Gasteiger partial charge in [0.05, 0.1) is 5.69 Å². The van der Waals surface area contributed by atoms with Gasteiger partial charge in [-0.15, -0.1) is 0 Å². The van der Waals surface area contributed by atoms with Crippen LogP contribution in [0.5, 0.6) is 0 Å². The zero-order valence-electron chi connectivity index (χ0n) is 14.0. The lowest BCUT2D eigenvalue weighted by Crippen LogP contribution is -2.19. The smallest absolute Gasteiger partial charge is 0.308 e. The lowest BCUT2D eigenvalue weighted by Gasteiger charge is -2.08. The maximum absolute atomic E-state index is 13.2. The summed E-state index contributed by atoms with van der Waals surface area (Å²) in [5.41, 5.74) is 3.49. The summed E-state index contributed by atoms with van der Waals surface area (Å²) in [5, 5.41) is 5.35. The number of carbonyl (C=O) groups excluding carboxylic acids is 1. The number of benzene rings is 2. The fourth-order valence-corrected chi connectivity index (χ4v) is 3.07. The Hall–Kier alpha value is -3.19. The van der Waals surface area contributed by atoms with E-state index in [1.54, 1.807) is 12.1 Å². The molecule has 0 aliphatic rings. The second-order valence-corrected chi connectivity index (χ2v) is 6.82. The molecule has 4 aromatic rings. The summed E-state index contributed by atoms with van der Waals surface area (Å²) in [6, 6.07) is 16.5. The van der Waals surface area contributed by atoms with Gasteiger partial charge < -0.3 is 15.0 Å². The van der Waals surface area contributed by atoms with Crippen molar-refractivity contribution < 1.29 is 9.18 Å². The molecule has 7 heteroatoms. The summed E-state index contributed by atoms with van der Waals surface area (Å²) in [4.78, 5) is 16.7. The number of imidazole rings is 1. The van der Waals surface area contributed by atoms with Crippen LogP contribution < -0.4 is 10.6 Å². The van der Waals surface area contributed by atoms with Gasteiger partial charge in [-0.05, 0) is 58.4 Å². The molecule has 0 bridgehead atoms. The maximum atomic E-state index is 13.2. The number of halogens is 2. The molecule has 2 amide bonds. The molecule has 2 aromatic carbocycles. The molecular formula is C20H14BrFN4O. The molecule has 0 atom stereocenters. The van der Waals surface area contributed by atoms with E-state index in [9.17, 15) is 9.18 Å². The average molecular weight is 425 g/mol. The van der Waals surface area contributed by atoms with Crippen molar-refractivity contribution in [3.8, 4) is 11.3 Å². The highest BCUT2D eigenvalue weighted by atomic mass is 79.9. The highest BCUT2D eigenvalue weighted by Crippen LogP contribution is 2.23. The molecule has 0 saturated carbocycles. The van der Waals surface area contributed by atoms with E-state index >= 15 is 0 Å². The fourth-order valence-electron chi connectivity index (χ4n) is 2.72. The first kappa shape index (κ1) is 17.2. The predicted octanol–water partition coefficient (Wildman–Crippen LogP) is 5.55. The largest absolute Gasteiger partial charge is 0.323 e. The van der Waals surface area contributed by atoms with E-state index in [0.29, 0.717) is 11.4 Å². The summed E-state index contributed by atoms with van der Waals surface area (Å²) in [6.45, 7) is 0. The van der Waals surface area contributed by atoms with E-state index < -0.39 is 11.8 Å². The van der Waals surface area contributed by atoms with Crippen LogP contribution in [0.4, 0.5) is 20.6 Å². The Labute approximate surface area is 163 Å². The Balaban J connectivity index is 1.53. The molecule has 0 radical (unpaired) electrons. The number of anilines is 2. The molecule has 2 aromatic heterocycles. The number of fused-ring (bicyclic) bond motifs is 1. The van der Waals surface area contributed by atoms with E-state index in [-0.39, 0.29) is 0 Å². The fraction of sp³-hybridized carbons (Fsp3) is 0. The molecule has 2 heterocycles. The van der Waals surface area contributed by atoms with Crippen molar-refractivity contribution in [2.45, 2.75) is 0 Å².